The Labute approximate surface area is 437 Å². The average Bonchev–Trinajstić information content (AvgIpc) is 3.34. The van der Waals surface area contributed by atoms with Gasteiger partial charge >= 0.3 is 5.97 Å². The van der Waals surface area contributed by atoms with E-state index in [-0.39, 0.29) is 81.4 Å². The average molecular weight is 1030 g/mol. The number of fused-ring (bicyclic) bond motifs is 7. The Morgan fingerprint density at radius 1 is 0.764 bits per heavy atom. The number of methoxy groups -OCH3 is 1. The summed E-state index contributed by atoms with van der Waals surface area (Å²) < 4.78 is 56.2. The quantitative estimate of drug-likeness (QED) is 0.0729. The maximum absolute atomic E-state index is 14.2. The van der Waals surface area contributed by atoms with Gasteiger partial charge in [-0.1, -0.05) is 122 Å². The minimum absolute atomic E-state index is 0.00961. The van der Waals surface area contributed by atoms with Crippen LogP contribution in [0.4, 0.5) is 0 Å². The van der Waals surface area contributed by atoms with E-state index >= 15 is 0 Å². The molecule has 8 rings (SSSR count). The molecule has 3 aliphatic heterocycles. The molecule has 23 atom stereocenters. The van der Waals surface area contributed by atoms with Crippen molar-refractivity contribution in [3.05, 3.63) is 18.3 Å². The van der Waals surface area contributed by atoms with Crippen LogP contribution in [0.1, 0.15) is 175 Å². The lowest BCUT2D eigenvalue weighted by atomic mass is 9.33. The fourth-order valence-electron chi connectivity index (χ4n) is 17.6. The zero-order valence-electron chi connectivity index (χ0n) is 48.1. The highest BCUT2D eigenvalue weighted by atomic mass is 28.4. The molecular formula is C60H101O11Si. The van der Waals surface area contributed by atoms with Crippen molar-refractivity contribution in [2.45, 2.75) is 249 Å². The monoisotopic (exact) mass is 1030 g/mol. The van der Waals surface area contributed by atoms with Crippen LogP contribution in [0.5, 0.6) is 0 Å². The Balaban J connectivity index is 1.12. The number of allylic oxidation sites excluding steroid dienone is 2. The van der Waals surface area contributed by atoms with Gasteiger partial charge in [0, 0.05) is 18.9 Å². The third kappa shape index (κ3) is 9.06. The first-order chi connectivity index (χ1) is 33.8. The van der Waals surface area contributed by atoms with Crippen LogP contribution in [-0.2, 0) is 47.2 Å². The zero-order valence-corrected chi connectivity index (χ0v) is 49.1. The molecule has 0 aromatic heterocycles. The first-order valence-electron chi connectivity index (χ1n) is 29.2. The Hall–Kier alpha value is -1.22. The Morgan fingerprint density at radius 2 is 1.44 bits per heavy atom. The summed E-state index contributed by atoms with van der Waals surface area (Å²) in [5.74, 6) is 0.821. The minimum atomic E-state index is -2.12. The number of rotatable bonds is 15. The van der Waals surface area contributed by atoms with Crippen LogP contribution >= 0.6 is 0 Å². The first-order valence-corrected chi connectivity index (χ1v) is 31.7. The number of carbonyl (C=O) groups excluding carboxylic acids is 1. The molecule has 5 aliphatic carbocycles. The molecule has 3 saturated heterocycles. The zero-order chi connectivity index (χ0) is 52.7. The molecule has 3 heterocycles. The van der Waals surface area contributed by atoms with Crippen molar-refractivity contribution in [3.63, 3.8) is 0 Å². The molecule has 1 radical (unpaired) electrons. The number of carboxylic acid groups (broad SMARTS) is 1. The third-order valence-electron chi connectivity index (χ3n) is 23.6. The molecule has 8 aliphatic rings. The van der Waals surface area contributed by atoms with Crippen molar-refractivity contribution in [2.24, 2.45) is 85.8 Å². The van der Waals surface area contributed by atoms with Crippen molar-refractivity contribution in [3.8, 4) is 0 Å². The second-order valence-corrected chi connectivity index (χ2v) is 32.0. The maximum Gasteiger partial charge on any atom is 0.312 e. The van der Waals surface area contributed by atoms with Gasteiger partial charge in [-0.3, -0.25) is 4.79 Å². The highest BCUT2D eigenvalue weighted by Gasteiger charge is 2.72. The second kappa shape index (κ2) is 20.9. The molecule has 0 spiro atoms. The van der Waals surface area contributed by atoms with E-state index in [0.29, 0.717) is 37.7 Å². The molecule has 12 heteroatoms. The van der Waals surface area contributed by atoms with E-state index in [2.05, 4.69) is 117 Å². The van der Waals surface area contributed by atoms with Gasteiger partial charge in [-0.2, -0.15) is 0 Å². The molecule has 7 fully saturated rings. The lowest BCUT2D eigenvalue weighted by Crippen LogP contribution is -2.68. The standard InChI is InChI=1S/C60H101O11Si/c1-18-43-38(8)39(9)49(71-72(19-2,20-3)21-4)53(67-43)70-50-48(69-51-40(10)37(7)35(5)32-65-51)36(6)33-66-52(50)68-46-25-26-56(13)44(57(46,14)34-61)24-27-58(15)45(56)23-22-41-42-30-55(11,12)28-29-60(42,54(62)63)47(64-17)31-59(41,58)16/h22,33-40,42-53H,18-21,23-32H2,1-17H3,(H,62,63)/t35-,36-,37-,38+,39-,40?,42?,43?,44+,45?,46-,47?,48-,49?,50?,51-,52-,53-,56?,57+,58-,59+,60+/m0/s1. The fourth-order valence-corrected chi connectivity index (χ4v) is 20.5. The molecule has 0 aromatic carbocycles. The summed E-state index contributed by atoms with van der Waals surface area (Å²) in [7, 11) is -0.381. The molecule has 72 heavy (non-hydrogen) atoms. The van der Waals surface area contributed by atoms with E-state index in [1.807, 2.05) is 6.61 Å². The number of aliphatic carboxylic acids is 1. The maximum atomic E-state index is 14.2. The van der Waals surface area contributed by atoms with E-state index in [0.717, 1.165) is 63.1 Å². The smallest absolute Gasteiger partial charge is 0.312 e. The van der Waals surface area contributed by atoms with Gasteiger partial charge in [-0.05, 0) is 145 Å². The fraction of sp³-hybridized carbons (Fsp3) is 0.917. The number of aldehydes is 1. The number of carbonyl (C=O) groups is 2. The summed E-state index contributed by atoms with van der Waals surface area (Å²) in [5.41, 5.74) is -0.924. The molecule has 0 aromatic rings. The predicted octanol–water partition coefficient (Wildman–Crippen LogP) is 13.0. The van der Waals surface area contributed by atoms with Crippen LogP contribution in [-0.4, -0.2) is 94.9 Å². The van der Waals surface area contributed by atoms with Crippen LogP contribution in [0.15, 0.2) is 11.6 Å². The van der Waals surface area contributed by atoms with Crippen LogP contribution < -0.4 is 0 Å². The summed E-state index contributed by atoms with van der Waals surface area (Å²) >= 11 is 0. The molecule has 11 nitrogen and oxygen atoms in total. The molecule has 4 saturated carbocycles. The van der Waals surface area contributed by atoms with Gasteiger partial charge in [-0.25, -0.2) is 0 Å². The largest absolute Gasteiger partial charge is 0.481 e. The topological polar surface area (TPSA) is 128 Å². The van der Waals surface area contributed by atoms with Crippen molar-refractivity contribution in [1.82, 2.24) is 0 Å². The summed E-state index contributed by atoms with van der Waals surface area (Å²) in [4.78, 5) is 27.8. The van der Waals surface area contributed by atoms with E-state index in [1.165, 1.54) is 11.9 Å². The highest BCUT2D eigenvalue weighted by Crippen LogP contribution is 2.76. The predicted molar refractivity (Wildman–Crippen MR) is 283 cm³/mol. The van der Waals surface area contributed by atoms with Crippen LogP contribution in [0.2, 0.25) is 18.1 Å². The number of ether oxygens (including phenoxy) is 7. The van der Waals surface area contributed by atoms with Crippen molar-refractivity contribution < 1.29 is 52.3 Å². The van der Waals surface area contributed by atoms with Crippen molar-refractivity contribution >= 4 is 20.6 Å². The van der Waals surface area contributed by atoms with Gasteiger partial charge < -0.3 is 47.5 Å². The first kappa shape index (κ1) is 57.0. The molecule has 411 valence electrons. The van der Waals surface area contributed by atoms with Gasteiger partial charge in [0.25, 0.3) is 0 Å². The molecule has 8 unspecified atom stereocenters. The number of hydrogen-bond acceptors (Lipinski definition) is 10. The van der Waals surface area contributed by atoms with Crippen LogP contribution in [0, 0.1) is 92.4 Å². The summed E-state index contributed by atoms with van der Waals surface area (Å²) in [5, 5.41) is 11.1. The molecule has 1 N–H and O–H groups in total. The van der Waals surface area contributed by atoms with E-state index < -0.39 is 62.3 Å². The normalized spacial score (nSPS) is 50.4. The van der Waals surface area contributed by atoms with Gasteiger partial charge in [0.05, 0.1) is 49.1 Å². The summed E-state index contributed by atoms with van der Waals surface area (Å²) in [6.45, 7) is 39.2. The lowest BCUT2D eigenvalue weighted by molar-refractivity contribution is -0.362. The Morgan fingerprint density at radius 3 is 2.07 bits per heavy atom. The summed E-state index contributed by atoms with van der Waals surface area (Å²) in [6, 6.07) is 3.06. The van der Waals surface area contributed by atoms with Crippen LogP contribution in [0.25, 0.3) is 0 Å². The lowest BCUT2D eigenvalue weighted by Gasteiger charge is -2.71. The van der Waals surface area contributed by atoms with Gasteiger partial charge in [0.2, 0.25) is 0 Å². The van der Waals surface area contributed by atoms with Gasteiger partial charge in [0.15, 0.2) is 27.2 Å². The van der Waals surface area contributed by atoms with Gasteiger partial charge in [0.1, 0.15) is 17.8 Å². The number of hydrogen-bond donors (Lipinski definition) is 1. The van der Waals surface area contributed by atoms with E-state index in [4.69, 9.17) is 37.6 Å². The van der Waals surface area contributed by atoms with E-state index in [1.54, 1.807) is 7.11 Å². The summed E-state index contributed by atoms with van der Waals surface area (Å²) in [6.07, 6.45) is 7.57. The second-order valence-electron chi connectivity index (χ2n) is 27.2. The number of carboxylic acids is 1. The van der Waals surface area contributed by atoms with E-state index in [9.17, 15) is 14.7 Å². The van der Waals surface area contributed by atoms with Crippen molar-refractivity contribution in [2.75, 3.05) is 13.7 Å². The SMILES string of the molecule is CCC1O[C@@H](OC2[C@H](O[C@H]3CCC4(C)C5CC=C6C7CC(C)(C)CC[C@]7(C(=O)O)C(OC)C[C@@]6(C)[C@@]5(C)CC[C@H]4[C@@]3(C)C=O)O[CH][C@H](C)[C@@H]2O[C@@H]2OC[C@H](C)[C@H](C)C2C)C(O[Si](CC)(CC)CC)[C@@H](C)[C@H]1C. The van der Waals surface area contributed by atoms with Crippen LogP contribution in [0.3, 0.4) is 0 Å². The Kier molecular flexibility index (Phi) is 16.5. The Bertz CT molecular complexity index is 1950. The minimum Gasteiger partial charge on any atom is -0.481 e. The molecular weight excluding hydrogens is 925 g/mol. The van der Waals surface area contributed by atoms with Gasteiger partial charge in [-0.15, -0.1) is 0 Å². The third-order valence-corrected chi connectivity index (χ3v) is 28.2. The highest BCUT2D eigenvalue weighted by molar-refractivity contribution is 6.73. The van der Waals surface area contributed by atoms with Crippen molar-refractivity contribution in [1.29, 1.82) is 0 Å². The molecule has 0 amide bonds. The molecule has 0 bridgehead atoms.